The lowest BCUT2D eigenvalue weighted by molar-refractivity contribution is -0.120. The van der Waals surface area contributed by atoms with Crippen LogP contribution in [0.3, 0.4) is 0 Å². The second-order valence-corrected chi connectivity index (χ2v) is 10.7. The third kappa shape index (κ3) is 6.33. The molecule has 200 valence electrons. The predicted octanol–water partition coefficient (Wildman–Crippen LogP) is 6.86. The Kier molecular flexibility index (Phi) is 8.12. The predicted molar refractivity (Wildman–Crippen MR) is 161 cm³/mol. The molecule has 2 N–H and O–H groups in total. The van der Waals surface area contributed by atoms with Crippen molar-refractivity contribution < 1.29 is 14.4 Å². The highest BCUT2D eigenvalue weighted by Gasteiger charge is 2.40. The molecule has 0 bridgehead atoms. The first-order valence-corrected chi connectivity index (χ1v) is 13.8. The number of benzene rings is 4. The second kappa shape index (κ2) is 12.1. The number of hydrogen-bond acceptors (Lipinski definition) is 5. The molecular formula is C33H29N3O3S. The van der Waals surface area contributed by atoms with Crippen LogP contribution < -0.4 is 15.5 Å². The molecule has 3 amide bonds. The molecule has 5 rings (SSSR count). The van der Waals surface area contributed by atoms with E-state index in [9.17, 15) is 14.4 Å². The number of amides is 3. The molecule has 0 aromatic heterocycles. The zero-order chi connectivity index (χ0) is 28.1. The molecule has 40 heavy (non-hydrogen) atoms. The number of rotatable bonds is 9. The number of anilines is 3. The van der Waals surface area contributed by atoms with Gasteiger partial charge in [0.2, 0.25) is 5.91 Å². The highest BCUT2D eigenvalue weighted by Crippen LogP contribution is 2.38. The normalized spacial score (nSPS) is 13.1. The van der Waals surface area contributed by atoms with E-state index in [2.05, 4.69) is 10.6 Å². The smallest absolute Gasteiger partial charge is 0.283 e. The molecule has 1 aliphatic heterocycles. The van der Waals surface area contributed by atoms with E-state index in [1.807, 2.05) is 105 Å². The van der Waals surface area contributed by atoms with Crippen molar-refractivity contribution in [1.29, 1.82) is 0 Å². The minimum Gasteiger partial charge on any atom is -0.350 e. The molecule has 0 saturated heterocycles. The van der Waals surface area contributed by atoms with Gasteiger partial charge in [0.1, 0.15) is 10.6 Å². The average molecular weight is 548 g/mol. The van der Waals surface area contributed by atoms with Crippen molar-refractivity contribution in [2.75, 3.05) is 15.5 Å². The highest BCUT2D eigenvalue weighted by atomic mass is 32.2. The zero-order valence-corrected chi connectivity index (χ0v) is 23.1. The summed E-state index contributed by atoms with van der Waals surface area (Å²) in [6.07, 6.45) is 1.00. The van der Waals surface area contributed by atoms with Crippen molar-refractivity contribution in [2.45, 2.75) is 31.6 Å². The lowest BCUT2D eigenvalue weighted by Gasteiger charge is -2.15. The third-order valence-corrected chi connectivity index (χ3v) is 7.55. The summed E-state index contributed by atoms with van der Waals surface area (Å²) in [5.74, 6) is -0.905. The first kappa shape index (κ1) is 27.0. The van der Waals surface area contributed by atoms with E-state index in [-0.39, 0.29) is 11.6 Å². The molecule has 0 fully saturated rings. The van der Waals surface area contributed by atoms with Gasteiger partial charge in [-0.05, 0) is 68.3 Å². The van der Waals surface area contributed by atoms with Crippen molar-refractivity contribution in [3.8, 4) is 0 Å². The van der Waals surface area contributed by atoms with E-state index in [1.54, 1.807) is 12.1 Å². The van der Waals surface area contributed by atoms with Crippen LogP contribution in [0.5, 0.6) is 0 Å². The summed E-state index contributed by atoms with van der Waals surface area (Å²) in [6.45, 7) is 3.94. The Balaban J connectivity index is 1.38. The Hall–Kier alpha value is -4.62. The van der Waals surface area contributed by atoms with Gasteiger partial charge in [-0.1, -0.05) is 83.6 Å². The Morgan fingerprint density at radius 3 is 2.12 bits per heavy atom. The Morgan fingerprint density at radius 2 is 1.43 bits per heavy atom. The van der Waals surface area contributed by atoms with E-state index in [1.165, 1.54) is 16.7 Å². The summed E-state index contributed by atoms with van der Waals surface area (Å²) in [6, 6.07) is 32.1. The molecular weight excluding hydrogens is 518 g/mol. The van der Waals surface area contributed by atoms with Gasteiger partial charge in [-0.2, -0.15) is 0 Å². The largest absolute Gasteiger partial charge is 0.350 e. The third-order valence-electron chi connectivity index (χ3n) is 6.48. The average Bonchev–Trinajstić information content (AvgIpc) is 3.18. The minimum absolute atomic E-state index is 0.0930. The summed E-state index contributed by atoms with van der Waals surface area (Å²) >= 11 is 1.20. The van der Waals surface area contributed by atoms with E-state index < -0.39 is 11.8 Å². The summed E-state index contributed by atoms with van der Waals surface area (Å²) in [7, 11) is 0. The van der Waals surface area contributed by atoms with Crippen molar-refractivity contribution in [1.82, 2.24) is 0 Å². The standard InChI is InChI=1S/C33H29N3O3S/c1-22-11-16-25(17-12-22)35-30-31(33(39)36(32(30)38)27-18-13-23(2)14-19-27)40-28-10-6-9-26(21-28)34-29(37)20-15-24-7-4-3-5-8-24/h3-14,16-19,21,35H,15,20H2,1-2H3,(H,34,37). The van der Waals surface area contributed by atoms with Gasteiger partial charge >= 0.3 is 0 Å². The molecule has 1 heterocycles. The Bertz CT molecular complexity index is 1580. The van der Waals surface area contributed by atoms with Gasteiger partial charge in [-0.15, -0.1) is 0 Å². The topological polar surface area (TPSA) is 78.5 Å². The van der Waals surface area contributed by atoms with Crippen molar-refractivity contribution in [3.05, 3.63) is 130 Å². The van der Waals surface area contributed by atoms with Gasteiger partial charge < -0.3 is 10.6 Å². The van der Waals surface area contributed by atoms with Crippen molar-refractivity contribution >= 4 is 46.5 Å². The van der Waals surface area contributed by atoms with Crippen LogP contribution in [0.25, 0.3) is 0 Å². The molecule has 1 aliphatic rings. The van der Waals surface area contributed by atoms with E-state index in [0.29, 0.717) is 34.8 Å². The van der Waals surface area contributed by atoms with Crippen LogP contribution in [-0.4, -0.2) is 17.7 Å². The maximum absolute atomic E-state index is 13.7. The molecule has 4 aromatic carbocycles. The number of thioether (sulfide) groups is 1. The summed E-state index contributed by atoms with van der Waals surface area (Å²) < 4.78 is 0. The molecule has 7 heteroatoms. The first-order valence-electron chi connectivity index (χ1n) is 13.0. The first-order chi connectivity index (χ1) is 19.4. The number of nitrogens with one attached hydrogen (secondary N) is 2. The number of imide groups is 1. The van der Waals surface area contributed by atoms with E-state index >= 15 is 0 Å². The fraction of sp³-hybridized carbons (Fsp3) is 0.121. The number of nitrogens with zero attached hydrogens (tertiary/aromatic N) is 1. The zero-order valence-electron chi connectivity index (χ0n) is 22.3. The molecule has 0 atom stereocenters. The highest BCUT2D eigenvalue weighted by molar-refractivity contribution is 8.04. The maximum atomic E-state index is 13.7. The van der Waals surface area contributed by atoms with Crippen LogP contribution in [-0.2, 0) is 20.8 Å². The lowest BCUT2D eigenvalue weighted by Crippen LogP contribution is -2.32. The van der Waals surface area contributed by atoms with Crippen molar-refractivity contribution in [2.24, 2.45) is 0 Å². The fourth-order valence-corrected chi connectivity index (χ4v) is 5.29. The number of aryl methyl sites for hydroxylation is 3. The summed E-state index contributed by atoms with van der Waals surface area (Å²) in [5, 5.41) is 6.13. The quantitative estimate of drug-likeness (QED) is 0.224. The van der Waals surface area contributed by atoms with E-state index in [4.69, 9.17) is 0 Å². The van der Waals surface area contributed by atoms with Crippen LogP contribution in [0.15, 0.2) is 119 Å². The number of hydrogen-bond donors (Lipinski definition) is 2. The minimum atomic E-state index is -0.415. The van der Waals surface area contributed by atoms with Crippen LogP contribution in [0.4, 0.5) is 17.1 Å². The van der Waals surface area contributed by atoms with Gasteiger partial charge in [0, 0.05) is 22.7 Å². The second-order valence-electron chi connectivity index (χ2n) is 9.64. The summed E-state index contributed by atoms with van der Waals surface area (Å²) in [5.41, 5.74) is 5.30. The molecule has 0 unspecified atom stereocenters. The van der Waals surface area contributed by atoms with Gasteiger partial charge in [-0.3, -0.25) is 14.4 Å². The maximum Gasteiger partial charge on any atom is 0.283 e. The number of carbonyl (C=O) groups is 3. The lowest BCUT2D eigenvalue weighted by atomic mass is 10.1. The van der Waals surface area contributed by atoms with Gasteiger partial charge in [0.25, 0.3) is 11.8 Å². The number of carbonyl (C=O) groups excluding carboxylic acids is 3. The van der Waals surface area contributed by atoms with Crippen LogP contribution in [0, 0.1) is 13.8 Å². The fourth-order valence-electron chi connectivity index (χ4n) is 4.31. The molecule has 0 saturated carbocycles. The Morgan fingerprint density at radius 1 is 0.750 bits per heavy atom. The van der Waals surface area contributed by atoms with E-state index in [0.717, 1.165) is 21.6 Å². The van der Waals surface area contributed by atoms with Gasteiger partial charge in [0.15, 0.2) is 0 Å². The molecule has 0 radical (unpaired) electrons. The summed E-state index contributed by atoms with van der Waals surface area (Å²) in [4.78, 5) is 42.1. The Labute approximate surface area is 238 Å². The molecule has 6 nitrogen and oxygen atoms in total. The monoisotopic (exact) mass is 547 g/mol. The SMILES string of the molecule is Cc1ccc(NC2=C(Sc3cccc(NC(=O)CCc4ccccc4)c3)C(=O)N(c3ccc(C)cc3)C2=O)cc1. The van der Waals surface area contributed by atoms with Crippen LogP contribution >= 0.6 is 11.8 Å². The van der Waals surface area contributed by atoms with Gasteiger partial charge in [-0.25, -0.2) is 4.90 Å². The molecule has 0 aliphatic carbocycles. The molecule has 4 aromatic rings. The van der Waals surface area contributed by atoms with Crippen LogP contribution in [0.2, 0.25) is 0 Å². The van der Waals surface area contributed by atoms with Crippen molar-refractivity contribution in [3.63, 3.8) is 0 Å². The van der Waals surface area contributed by atoms with Crippen LogP contribution in [0.1, 0.15) is 23.1 Å². The van der Waals surface area contributed by atoms with Gasteiger partial charge in [0.05, 0.1) is 5.69 Å². The molecule has 0 spiro atoms.